The summed E-state index contributed by atoms with van der Waals surface area (Å²) in [7, 11) is 0. The van der Waals surface area contributed by atoms with E-state index in [9.17, 15) is 4.79 Å². The van der Waals surface area contributed by atoms with E-state index in [0.717, 1.165) is 12.8 Å². The summed E-state index contributed by atoms with van der Waals surface area (Å²) in [5.41, 5.74) is 0. The maximum absolute atomic E-state index is 12.5. The topological polar surface area (TPSA) is 26.3 Å². The van der Waals surface area contributed by atoms with Crippen molar-refractivity contribution in [3.63, 3.8) is 0 Å². The molecule has 0 aromatic carbocycles. The minimum absolute atomic E-state index is 0.378. The second-order valence-electron chi connectivity index (χ2n) is 7.44. The predicted octanol–water partition coefficient (Wildman–Crippen LogP) is 10.8. The van der Waals surface area contributed by atoms with E-state index in [2.05, 4.69) is 118 Å². The third kappa shape index (κ3) is 12.2. The molecule has 0 N–H and O–H groups in total. The van der Waals surface area contributed by atoms with Crippen molar-refractivity contribution in [2.45, 2.75) is 112 Å². The maximum atomic E-state index is 12.5. The quantitative estimate of drug-likeness (QED) is 0.0827. The summed E-state index contributed by atoms with van der Waals surface area (Å²) in [6, 6.07) is 0. The van der Waals surface area contributed by atoms with Gasteiger partial charge in [-0.05, 0) is 29.3 Å². The molecule has 0 aliphatic heterocycles. The van der Waals surface area contributed by atoms with E-state index < -0.39 is 15.7 Å². The smallest absolute Gasteiger partial charge is 0.337 e. The van der Waals surface area contributed by atoms with Crippen LogP contribution in [0.2, 0.25) is 0 Å². The lowest BCUT2D eigenvalue weighted by molar-refractivity contribution is -0.144. The molecule has 0 radical (unpaired) electrons. The van der Waals surface area contributed by atoms with Crippen LogP contribution in [0.25, 0.3) is 0 Å². The fraction of sp³-hybridized carbons (Fsp3) is 0.950. The first-order valence-corrected chi connectivity index (χ1v) is 16.1. The highest BCUT2D eigenvalue weighted by molar-refractivity contribution is 9.33. The third-order valence-corrected chi connectivity index (χ3v) is 15.5. The Morgan fingerprint density at radius 1 is 0.759 bits per heavy atom. The van der Waals surface area contributed by atoms with E-state index in [0.29, 0.717) is 0 Å². The van der Waals surface area contributed by atoms with Crippen molar-refractivity contribution in [1.29, 1.82) is 0 Å². The summed E-state index contributed by atoms with van der Waals surface area (Å²) in [6.07, 6.45) is 16.6. The molecule has 0 bridgehead atoms. The van der Waals surface area contributed by atoms with Crippen LogP contribution in [0.3, 0.4) is 0 Å². The van der Waals surface area contributed by atoms with Crippen LogP contribution in [0, 0.1) is 0 Å². The molecule has 1 unspecified atom stereocenters. The lowest BCUT2D eigenvalue weighted by Gasteiger charge is -2.42. The Kier molecular flexibility index (Phi) is 18.1. The van der Waals surface area contributed by atoms with Gasteiger partial charge in [0.15, 0.2) is 5.01 Å². The Morgan fingerprint density at radius 3 is 1.52 bits per heavy atom. The zero-order valence-electron chi connectivity index (χ0n) is 17.2. The zero-order valence-corrected chi connectivity index (χ0v) is 28.3. The van der Waals surface area contributed by atoms with Gasteiger partial charge in [-0.2, -0.15) is 0 Å². The summed E-state index contributed by atoms with van der Waals surface area (Å²) < 4.78 is 2.70. The van der Waals surface area contributed by atoms with Crippen molar-refractivity contribution in [2.24, 2.45) is 0 Å². The Balaban J connectivity index is 4.17. The molecular weight excluding hydrogens is 832 g/mol. The van der Waals surface area contributed by atoms with Gasteiger partial charge in [0.05, 0.1) is 0 Å². The number of halogens is 7. The predicted molar refractivity (Wildman–Crippen MR) is 152 cm³/mol. The average Bonchev–Trinajstić information content (AvgIpc) is 2.61. The summed E-state index contributed by atoms with van der Waals surface area (Å²) in [4.78, 5) is 12.5. The maximum Gasteiger partial charge on any atom is 0.337 e. The molecule has 0 aliphatic rings. The zero-order chi connectivity index (χ0) is 22.6. The Hall–Kier alpha value is 2.83. The van der Waals surface area contributed by atoms with Gasteiger partial charge in [0.25, 0.3) is 0 Å². The van der Waals surface area contributed by atoms with Gasteiger partial charge in [-0.1, -0.05) is 180 Å². The number of hydrogen-bond acceptors (Lipinski definition) is 2. The molecule has 0 aliphatic carbocycles. The highest BCUT2D eigenvalue weighted by atomic mass is 79.9. The van der Waals surface area contributed by atoms with Gasteiger partial charge in [0.2, 0.25) is 3.23 Å². The highest BCUT2D eigenvalue weighted by Gasteiger charge is 2.61. The van der Waals surface area contributed by atoms with Crippen LogP contribution < -0.4 is 0 Å². The number of ether oxygens (including phenoxy) is 1. The van der Waals surface area contributed by atoms with Crippen LogP contribution in [-0.2, 0) is 9.53 Å². The number of esters is 1. The molecule has 9 heteroatoms. The first kappa shape index (κ1) is 31.8. The van der Waals surface area contributed by atoms with Crippen LogP contribution in [0.4, 0.5) is 0 Å². The van der Waals surface area contributed by atoms with E-state index >= 15 is 0 Å². The molecule has 0 rings (SSSR count). The summed E-state index contributed by atoms with van der Waals surface area (Å²) in [5.74, 6) is -0.436. The van der Waals surface area contributed by atoms with Gasteiger partial charge >= 0.3 is 5.97 Å². The number of rotatable bonds is 17. The molecule has 0 aromatic rings. The SMILES string of the molecule is CCCCCCCCCCCCCCC(Br)(Br)C(Br)(Br)C(Br)(Br)C(=O)OC(C)Br. The normalized spacial score (nSPS) is 14.1. The van der Waals surface area contributed by atoms with Gasteiger partial charge < -0.3 is 4.74 Å². The van der Waals surface area contributed by atoms with Gasteiger partial charge in [-0.3, -0.25) is 0 Å². The van der Waals surface area contributed by atoms with Crippen LogP contribution in [0.1, 0.15) is 97.3 Å². The molecule has 0 aromatic heterocycles. The molecule has 2 nitrogen and oxygen atoms in total. The minimum atomic E-state index is -1.17. The van der Waals surface area contributed by atoms with Gasteiger partial charge in [-0.15, -0.1) is 0 Å². The second kappa shape index (κ2) is 16.5. The first-order valence-electron chi connectivity index (χ1n) is 10.4. The minimum Gasteiger partial charge on any atom is -0.449 e. The molecular formula is C20H33Br7O2. The molecule has 0 saturated heterocycles. The summed E-state index contributed by atoms with van der Waals surface area (Å²) in [6.45, 7) is 4.01. The largest absolute Gasteiger partial charge is 0.449 e. The molecule has 174 valence electrons. The number of alkyl halides is 7. The average molecular weight is 865 g/mol. The number of carbonyl (C=O) groups excluding carboxylic acids is 1. The summed E-state index contributed by atoms with van der Waals surface area (Å²) in [5, 5.41) is -0.378. The van der Waals surface area contributed by atoms with Crippen LogP contribution in [-0.4, -0.2) is 20.7 Å². The fourth-order valence-electron chi connectivity index (χ4n) is 2.92. The van der Waals surface area contributed by atoms with Crippen LogP contribution in [0.5, 0.6) is 0 Å². The molecule has 1 atom stereocenters. The Morgan fingerprint density at radius 2 is 1.14 bits per heavy atom. The third-order valence-electron chi connectivity index (χ3n) is 4.72. The molecule has 0 heterocycles. The lowest BCUT2D eigenvalue weighted by atomic mass is 10.0. The van der Waals surface area contributed by atoms with E-state index in [4.69, 9.17) is 4.74 Å². The van der Waals surface area contributed by atoms with Crippen molar-refractivity contribution in [3.8, 4) is 0 Å². The first-order chi connectivity index (χ1) is 13.4. The fourth-order valence-corrected chi connectivity index (χ4v) is 6.90. The molecule has 0 fully saturated rings. The lowest BCUT2D eigenvalue weighted by Crippen LogP contribution is -2.52. The van der Waals surface area contributed by atoms with Crippen LogP contribution in [0.15, 0.2) is 0 Å². The van der Waals surface area contributed by atoms with Crippen molar-refractivity contribution in [1.82, 2.24) is 0 Å². The highest BCUT2D eigenvalue weighted by Crippen LogP contribution is 2.62. The van der Waals surface area contributed by atoms with E-state index in [1.54, 1.807) is 6.92 Å². The van der Waals surface area contributed by atoms with E-state index in [1.165, 1.54) is 70.6 Å². The number of unbranched alkanes of at least 4 members (excludes halogenated alkanes) is 11. The van der Waals surface area contributed by atoms with E-state index in [1.807, 2.05) is 0 Å². The van der Waals surface area contributed by atoms with Crippen molar-refractivity contribution < 1.29 is 9.53 Å². The molecule has 0 spiro atoms. The van der Waals surface area contributed by atoms with Crippen molar-refractivity contribution >= 4 is 117 Å². The van der Waals surface area contributed by atoms with E-state index in [-0.39, 0.29) is 5.01 Å². The standard InChI is InChI=1S/C20H33Br7O2/c1-3-4-5-6-7-8-9-10-11-12-13-14-15-18(22,23)20(26,27)19(24,25)17(28)29-16(2)21/h16H,3-15H2,1-2H3. The van der Waals surface area contributed by atoms with Gasteiger partial charge in [-0.25, -0.2) is 4.79 Å². The monoisotopic (exact) mass is 858 g/mol. The van der Waals surface area contributed by atoms with Gasteiger partial charge in [0, 0.05) is 0 Å². The summed E-state index contributed by atoms with van der Waals surface area (Å²) >= 11 is 25.0. The molecule has 0 saturated carbocycles. The van der Waals surface area contributed by atoms with Crippen LogP contribution >= 0.6 is 112 Å². The second-order valence-corrected chi connectivity index (χ2v) is 19.4. The number of carbonyl (C=O) groups is 1. The molecule has 0 amide bonds. The molecule has 29 heavy (non-hydrogen) atoms. The van der Waals surface area contributed by atoms with Crippen molar-refractivity contribution in [2.75, 3.05) is 0 Å². The Bertz CT molecular complexity index is 454. The van der Waals surface area contributed by atoms with Crippen molar-refractivity contribution in [3.05, 3.63) is 0 Å². The Labute approximate surface area is 236 Å². The number of hydrogen-bond donors (Lipinski definition) is 0. The van der Waals surface area contributed by atoms with Gasteiger partial charge in [0.1, 0.15) is 6.47 Å².